The molecule has 0 fully saturated rings. The standard InChI is InChI=1S/C52H35N3/c1-2-18-40(19-3-1)55(42-29-27-36-15-4-5-16-37(36)33-42)41-20-14-17-38(34-41)39-28-30-47-48(35-39)52(50-26-11-13-32-54-50)45-23-8-6-21-43(45)51(47,49-25-10-12-31-53-49)44-22-7-9-24-46(44)52/h1-35H. The van der Waals surface area contributed by atoms with Gasteiger partial charge in [0.1, 0.15) is 0 Å². The topological polar surface area (TPSA) is 29.0 Å². The van der Waals surface area contributed by atoms with Gasteiger partial charge in [0.15, 0.2) is 0 Å². The molecule has 0 unspecified atom stereocenters. The molecule has 3 nitrogen and oxygen atoms in total. The Kier molecular flexibility index (Phi) is 6.99. The first-order chi connectivity index (χ1) is 27.3. The highest BCUT2D eigenvalue weighted by atomic mass is 15.1. The van der Waals surface area contributed by atoms with E-state index in [0.717, 1.165) is 39.6 Å². The molecule has 2 heterocycles. The molecule has 0 radical (unpaired) electrons. The van der Waals surface area contributed by atoms with Crippen LogP contribution < -0.4 is 4.90 Å². The molecule has 0 atom stereocenters. The predicted octanol–water partition coefficient (Wildman–Crippen LogP) is 12.2. The quantitative estimate of drug-likeness (QED) is 0.173. The van der Waals surface area contributed by atoms with E-state index >= 15 is 0 Å². The average molecular weight is 702 g/mol. The Labute approximate surface area is 320 Å². The highest BCUT2D eigenvalue weighted by Crippen LogP contribution is 2.65. The van der Waals surface area contributed by atoms with Gasteiger partial charge in [0.2, 0.25) is 0 Å². The number of hydrogen-bond acceptors (Lipinski definition) is 3. The minimum Gasteiger partial charge on any atom is -0.310 e. The third kappa shape index (κ3) is 4.44. The Morgan fingerprint density at radius 1 is 0.309 bits per heavy atom. The molecule has 0 spiro atoms. The van der Waals surface area contributed by atoms with Crippen molar-refractivity contribution < 1.29 is 0 Å². The summed E-state index contributed by atoms with van der Waals surface area (Å²) in [5, 5.41) is 2.44. The Morgan fingerprint density at radius 3 is 1.45 bits per heavy atom. The van der Waals surface area contributed by atoms with Gasteiger partial charge in [-0.05, 0) is 122 Å². The third-order valence-corrected chi connectivity index (χ3v) is 11.8. The van der Waals surface area contributed by atoms with E-state index in [0.29, 0.717) is 0 Å². The first-order valence-corrected chi connectivity index (χ1v) is 18.9. The van der Waals surface area contributed by atoms with E-state index in [1.807, 2.05) is 24.5 Å². The minimum absolute atomic E-state index is 0.596. The summed E-state index contributed by atoms with van der Waals surface area (Å²) in [7, 11) is 0. The maximum Gasteiger partial charge on any atom is 0.0883 e. The first-order valence-electron chi connectivity index (χ1n) is 18.9. The van der Waals surface area contributed by atoms with Gasteiger partial charge in [-0.2, -0.15) is 0 Å². The normalized spacial score (nSPS) is 17.6. The van der Waals surface area contributed by atoms with E-state index in [2.05, 4.69) is 193 Å². The van der Waals surface area contributed by atoms with Crippen molar-refractivity contribution in [3.05, 3.63) is 257 Å². The van der Waals surface area contributed by atoms with E-state index in [1.54, 1.807) is 0 Å². The van der Waals surface area contributed by atoms with Crippen LogP contribution in [0.3, 0.4) is 0 Å². The number of aromatic nitrogens is 2. The highest BCUT2D eigenvalue weighted by Gasteiger charge is 2.61. The SMILES string of the molecule is c1ccc(N(c2cccc(-c3ccc4c(c3)C3(c5ccccn5)c5ccccc5C4(c4ccccn4)c4ccccc43)c2)c2ccc3ccccc3c2)cc1. The molecule has 0 amide bonds. The monoisotopic (exact) mass is 701 g/mol. The van der Waals surface area contributed by atoms with Gasteiger partial charge in [-0.3, -0.25) is 9.97 Å². The van der Waals surface area contributed by atoms with Crippen molar-refractivity contribution in [2.45, 2.75) is 10.8 Å². The van der Waals surface area contributed by atoms with Gasteiger partial charge in [-0.15, -0.1) is 0 Å². The zero-order valence-electron chi connectivity index (χ0n) is 30.0. The van der Waals surface area contributed by atoms with Crippen molar-refractivity contribution in [2.24, 2.45) is 0 Å². The maximum atomic E-state index is 5.17. The number of para-hydroxylation sites is 1. The summed E-state index contributed by atoms with van der Waals surface area (Å²) >= 11 is 0. The zero-order valence-corrected chi connectivity index (χ0v) is 30.0. The lowest BCUT2D eigenvalue weighted by Gasteiger charge is -2.56. The van der Waals surface area contributed by atoms with Gasteiger partial charge < -0.3 is 4.90 Å². The molecule has 0 saturated carbocycles. The van der Waals surface area contributed by atoms with E-state index in [-0.39, 0.29) is 0 Å². The van der Waals surface area contributed by atoms with E-state index < -0.39 is 10.8 Å². The van der Waals surface area contributed by atoms with Crippen LogP contribution in [0, 0.1) is 0 Å². The van der Waals surface area contributed by atoms with Crippen LogP contribution in [0.15, 0.2) is 213 Å². The molecule has 3 heteroatoms. The third-order valence-electron chi connectivity index (χ3n) is 11.8. The average Bonchev–Trinajstić information content (AvgIpc) is 3.27. The number of nitrogens with zero attached hydrogens (tertiary/aromatic N) is 3. The van der Waals surface area contributed by atoms with Crippen molar-refractivity contribution >= 4 is 27.8 Å². The van der Waals surface area contributed by atoms with E-state index in [9.17, 15) is 0 Å². The lowest BCUT2D eigenvalue weighted by atomic mass is 9.45. The lowest BCUT2D eigenvalue weighted by molar-refractivity contribution is 0.539. The van der Waals surface area contributed by atoms with Gasteiger partial charge in [-0.25, -0.2) is 0 Å². The molecule has 0 N–H and O–H groups in total. The Morgan fingerprint density at radius 2 is 0.818 bits per heavy atom. The van der Waals surface area contributed by atoms with Crippen LogP contribution in [0.5, 0.6) is 0 Å². The number of benzene rings is 7. The Balaban J connectivity index is 1.16. The number of anilines is 3. The van der Waals surface area contributed by atoms with Crippen LogP contribution in [0.4, 0.5) is 17.1 Å². The van der Waals surface area contributed by atoms with Gasteiger partial charge in [0, 0.05) is 29.5 Å². The van der Waals surface area contributed by atoms with Crippen LogP contribution in [-0.4, -0.2) is 9.97 Å². The Bertz CT molecular complexity index is 2840. The largest absolute Gasteiger partial charge is 0.310 e. The van der Waals surface area contributed by atoms with Crippen LogP contribution in [0.2, 0.25) is 0 Å². The molecule has 9 aromatic rings. The summed E-state index contributed by atoms with van der Waals surface area (Å²) in [5.74, 6) is 0. The van der Waals surface area contributed by atoms with Crippen molar-refractivity contribution in [1.29, 1.82) is 0 Å². The van der Waals surface area contributed by atoms with Gasteiger partial charge in [0.05, 0.1) is 22.2 Å². The molecule has 0 aliphatic heterocycles. The van der Waals surface area contributed by atoms with Crippen LogP contribution in [0.25, 0.3) is 21.9 Å². The molecular formula is C52H35N3. The summed E-state index contributed by atoms with van der Waals surface area (Å²) in [4.78, 5) is 12.7. The minimum atomic E-state index is -0.630. The van der Waals surface area contributed by atoms with Gasteiger partial charge in [0.25, 0.3) is 0 Å². The summed E-state index contributed by atoms with van der Waals surface area (Å²) in [5.41, 5.74) is 13.9. The molecule has 7 aromatic carbocycles. The second-order valence-corrected chi connectivity index (χ2v) is 14.5. The molecule has 2 bridgehead atoms. The number of fused-ring (bicyclic) bond motifs is 1. The number of pyridine rings is 2. The summed E-state index contributed by atoms with van der Waals surface area (Å²) in [6, 6.07) is 72.6. The molecule has 12 rings (SSSR count). The molecular weight excluding hydrogens is 667 g/mol. The van der Waals surface area contributed by atoms with Crippen molar-refractivity contribution in [3.63, 3.8) is 0 Å². The fourth-order valence-electron chi connectivity index (χ4n) is 9.67. The van der Waals surface area contributed by atoms with E-state index in [4.69, 9.17) is 9.97 Å². The highest BCUT2D eigenvalue weighted by molar-refractivity contribution is 5.90. The fraction of sp³-hybridized carbons (Fsp3) is 0.0385. The molecule has 0 saturated heterocycles. The molecule has 55 heavy (non-hydrogen) atoms. The second kappa shape index (κ2) is 12.2. The molecule has 258 valence electrons. The number of hydrogen-bond donors (Lipinski definition) is 0. The number of rotatable bonds is 6. The molecule has 2 aromatic heterocycles. The summed E-state index contributed by atoms with van der Waals surface area (Å²) < 4.78 is 0. The van der Waals surface area contributed by atoms with E-state index in [1.165, 1.54) is 44.2 Å². The van der Waals surface area contributed by atoms with Crippen molar-refractivity contribution in [1.82, 2.24) is 9.97 Å². The molecule has 3 aliphatic rings. The van der Waals surface area contributed by atoms with Gasteiger partial charge in [-0.1, -0.05) is 133 Å². The van der Waals surface area contributed by atoms with Crippen molar-refractivity contribution in [2.75, 3.05) is 4.90 Å². The Hall–Kier alpha value is -7.10. The smallest absolute Gasteiger partial charge is 0.0883 e. The zero-order chi connectivity index (χ0) is 36.4. The summed E-state index contributed by atoms with van der Waals surface area (Å²) in [6.45, 7) is 0. The summed E-state index contributed by atoms with van der Waals surface area (Å²) in [6.07, 6.45) is 3.86. The molecule has 3 aliphatic carbocycles. The predicted molar refractivity (Wildman–Crippen MR) is 223 cm³/mol. The maximum absolute atomic E-state index is 5.17. The second-order valence-electron chi connectivity index (χ2n) is 14.5. The van der Waals surface area contributed by atoms with Gasteiger partial charge >= 0.3 is 0 Å². The van der Waals surface area contributed by atoms with Crippen LogP contribution >= 0.6 is 0 Å². The van der Waals surface area contributed by atoms with Crippen molar-refractivity contribution in [3.8, 4) is 11.1 Å². The fourth-order valence-corrected chi connectivity index (χ4v) is 9.67. The lowest BCUT2D eigenvalue weighted by Crippen LogP contribution is -2.52. The first kappa shape index (κ1) is 31.4. The van der Waals surface area contributed by atoms with Crippen LogP contribution in [-0.2, 0) is 10.8 Å². The van der Waals surface area contributed by atoms with Crippen LogP contribution in [0.1, 0.15) is 44.8 Å².